The second-order valence-corrected chi connectivity index (χ2v) is 12.5. The molecule has 0 radical (unpaired) electrons. The van der Waals surface area contributed by atoms with Gasteiger partial charge in [0.1, 0.15) is 0 Å². The molecular weight excluding hydrogens is 520 g/mol. The zero-order chi connectivity index (χ0) is 30.5. The normalized spacial score (nSPS) is 12.0. The molecule has 0 heterocycles. The van der Waals surface area contributed by atoms with E-state index in [0.29, 0.717) is 19.8 Å². The lowest BCUT2D eigenvalue weighted by Gasteiger charge is -2.20. The second kappa shape index (κ2) is 28.4. The Hall–Kier alpha value is -1.42. The molecule has 0 aliphatic heterocycles. The van der Waals surface area contributed by atoms with Gasteiger partial charge in [0.15, 0.2) is 11.5 Å². The summed E-state index contributed by atoms with van der Waals surface area (Å²) in [7, 11) is 0. The van der Waals surface area contributed by atoms with Crippen LogP contribution < -0.4 is 14.2 Å². The molecule has 0 spiro atoms. The number of rotatable bonds is 31. The van der Waals surface area contributed by atoms with Gasteiger partial charge in [0.25, 0.3) is 0 Å². The highest BCUT2D eigenvalue weighted by Gasteiger charge is 2.18. The predicted octanol–water partition coefficient (Wildman–Crippen LogP) is 12.3. The lowest BCUT2D eigenvalue weighted by Crippen LogP contribution is -2.08. The van der Waals surface area contributed by atoms with Gasteiger partial charge in [-0.05, 0) is 43.9 Å². The summed E-state index contributed by atoms with van der Waals surface area (Å²) in [5.41, 5.74) is 0.825. The van der Waals surface area contributed by atoms with Crippen molar-refractivity contribution >= 4 is 0 Å². The fourth-order valence-corrected chi connectivity index (χ4v) is 5.44. The SMILES string of the molecule is CCCCCCCCCCOc1cc(C(C)O)cc(OCCCCCCCCCC)c1OCCCCCCCCCC. The highest BCUT2D eigenvalue weighted by molar-refractivity contribution is 5.54. The van der Waals surface area contributed by atoms with Gasteiger partial charge in [-0.15, -0.1) is 0 Å². The summed E-state index contributed by atoms with van der Waals surface area (Å²) in [4.78, 5) is 0. The Kier molecular flexibility index (Phi) is 26.1. The summed E-state index contributed by atoms with van der Waals surface area (Å²) in [5.74, 6) is 2.17. The number of benzene rings is 1. The van der Waals surface area contributed by atoms with Gasteiger partial charge >= 0.3 is 0 Å². The molecule has 1 N–H and O–H groups in total. The fourth-order valence-electron chi connectivity index (χ4n) is 5.44. The predicted molar refractivity (Wildman–Crippen MR) is 181 cm³/mol. The average molecular weight is 591 g/mol. The molecule has 4 nitrogen and oxygen atoms in total. The lowest BCUT2D eigenvalue weighted by molar-refractivity contribution is 0.195. The molecule has 0 fully saturated rings. The molecule has 1 aromatic carbocycles. The summed E-state index contributed by atoms with van der Waals surface area (Å²) < 4.78 is 19.0. The molecule has 246 valence electrons. The number of aliphatic hydroxyl groups excluding tert-OH is 1. The standard InChI is InChI=1S/C38H70O4/c1-5-8-11-14-17-20-23-26-29-40-36-32-35(34(4)39)33-37(41-30-27-24-21-18-15-12-9-6-2)38(36)42-31-28-25-22-19-16-13-10-7-3/h32-34,39H,5-31H2,1-4H3. The molecule has 1 aromatic rings. The minimum absolute atomic E-state index is 0.581. The lowest BCUT2D eigenvalue weighted by atomic mass is 10.1. The first-order chi connectivity index (χ1) is 20.6. The fraction of sp³-hybridized carbons (Fsp3) is 0.842. The van der Waals surface area contributed by atoms with Crippen LogP contribution in [0.5, 0.6) is 17.2 Å². The van der Waals surface area contributed by atoms with E-state index in [1.165, 1.54) is 135 Å². The number of ether oxygens (including phenoxy) is 3. The van der Waals surface area contributed by atoms with Crippen LogP contribution in [0.2, 0.25) is 0 Å². The van der Waals surface area contributed by atoms with Crippen LogP contribution in [-0.4, -0.2) is 24.9 Å². The van der Waals surface area contributed by atoms with Gasteiger partial charge in [0, 0.05) is 0 Å². The van der Waals surface area contributed by atoms with E-state index in [2.05, 4.69) is 20.8 Å². The average Bonchev–Trinajstić information content (AvgIpc) is 2.99. The molecule has 0 amide bonds. The quantitative estimate of drug-likeness (QED) is 0.0874. The first kappa shape index (κ1) is 38.6. The third-order valence-electron chi connectivity index (χ3n) is 8.28. The van der Waals surface area contributed by atoms with E-state index in [0.717, 1.165) is 42.1 Å². The first-order valence-electron chi connectivity index (χ1n) is 18.4. The smallest absolute Gasteiger partial charge is 0.203 e. The highest BCUT2D eigenvalue weighted by Crippen LogP contribution is 2.41. The minimum Gasteiger partial charge on any atom is -0.490 e. The van der Waals surface area contributed by atoms with Crippen molar-refractivity contribution in [3.05, 3.63) is 17.7 Å². The van der Waals surface area contributed by atoms with Crippen LogP contribution in [0.3, 0.4) is 0 Å². The summed E-state index contributed by atoms with van der Waals surface area (Å²) in [6.45, 7) is 10.6. The number of aliphatic hydroxyl groups is 1. The summed E-state index contributed by atoms with van der Waals surface area (Å²) >= 11 is 0. The van der Waals surface area contributed by atoms with Crippen LogP contribution in [0.4, 0.5) is 0 Å². The van der Waals surface area contributed by atoms with Crippen molar-refractivity contribution in [1.82, 2.24) is 0 Å². The maximum absolute atomic E-state index is 10.4. The Bertz CT molecular complexity index is 674. The van der Waals surface area contributed by atoms with E-state index in [9.17, 15) is 5.11 Å². The Balaban J connectivity index is 2.68. The molecule has 0 saturated heterocycles. The highest BCUT2D eigenvalue weighted by atomic mass is 16.5. The van der Waals surface area contributed by atoms with Crippen molar-refractivity contribution in [2.75, 3.05) is 19.8 Å². The van der Waals surface area contributed by atoms with Crippen LogP contribution in [0, 0.1) is 0 Å². The van der Waals surface area contributed by atoms with Crippen molar-refractivity contribution in [2.45, 2.75) is 188 Å². The molecule has 42 heavy (non-hydrogen) atoms. The molecule has 0 saturated carbocycles. The van der Waals surface area contributed by atoms with Crippen LogP contribution in [0.1, 0.15) is 193 Å². The Morgan fingerprint density at radius 3 is 1.05 bits per heavy atom. The van der Waals surface area contributed by atoms with E-state index in [4.69, 9.17) is 14.2 Å². The third kappa shape index (κ3) is 20.5. The third-order valence-corrected chi connectivity index (χ3v) is 8.28. The maximum Gasteiger partial charge on any atom is 0.203 e. The number of hydrogen-bond donors (Lipinski definition) is 1. The number of unbranched alkanes of at least 4 members (excludes halogenated alkanes) is 21. The Morgan fingerprint density at radius 2 is 0.738 bits per heavy atom. The summed E-state index contributed by atoms with van der Waals surface area (Å²) in [5, 5.41) is 10.4. The minimum atomic E-state index is -0.581. The second-order valence-electron chi connectivity index (χ2n) is 12.5. The van der Waals surface area contributed by atoms with Gasteiger partial charge in [-0.3, -0.25) is 0 Å². The largest absolute Gasteiger partial charge is 0.490 e. The van der Waals surface area contributed by atoms with Gasteiger partial charge in [-0.2, -0.15) is 0 Å². The Labute approximate surface area is 261 Å². The van der Waals surface area contributed by atoms with Gasteiger partial charge in [-0.25, -0.2) is 0 Å². The molecular formula is C38H70O4. The van der Waals surface area contributed by atoms with E-state index in [-0.39, 0.29) is 0 Å². The maximum atomic E-state index is 10.4. The summed E-state index contributed by atoms with van der Waals surface area (Å²) in [6.07, 6.45) is 30.0. The van der Waals surface area contributed by atoms with Crippen LogP contribution >= 0.6 is 0 Å². The van der Waals surface area contributed by atoms with Crippen LogP contribution in [-0.2, 0) is 0 Å². The zero-order valence-corrected chi connectivity index (χ0v) is 28.5. The molecule has 1 atom stereocenters. The molecule has 1 rings (SSSR count). The van der Waals surface area contributed by atoms with Crippen molar-refractivity contribution in [3.8, 4) is 17.2 Å². The van der Waals surface area contributed by atoms with Gasteiger partial charge in [0.05, 0.1) is 25.9 Å². The molecule has 1 unspecified atom stereocenters. The monoisotopic (exact) mass is 591 g/mol. The summed E-state index contributed by atoms with van der Waals surface area (Å²) in [6, 6.07) is 3.92. The van der Waals surface area contributed by atoms with Gasteiger partial charge in [-0.1, -0.05) is 156 Å². The van der Waals surface area contributed by atoms with Crippen molar-refractivity contribution in [3.63, 3.8) is 0 Å². The van der Waals surface area contributed by atoms with E-state index >= 15 is 0 Å². The van der Waals surface area contributed by atoms with Crippen molar-refractivity contribution in [1.29, 1.82) is 0 Å². The van der Waals surface area contributed by atoms with E-state index < -0.39 is 6.10 Å². The molecule has 0 aliphatic rings. The van der Waals surface area contributed by atoms with E-state index in [1.807, 2.05) is 12.1 Å². The zero-order valence-electron chi connectivity index (χ0n) is 28.5. The first-order valence-corrected chi connectivity index (χ1v) is 18.4. The topological polar surface area (TPSA) is 47.9 Å². The molecule has 0 aliphatic carbocycles. The molecule has 4 heteroatoms. The molecule has 0 aromatic heterocycles. The molecule has 0 bridgehead atoms. The van der Waals surface area contributed by atoms with E-state index in [1.54, 1.807) is 6.92 Å². The van der Waals surface area contributed by atoms with Gasteiger partial charge < -0.3 is 19.3 Å². The van der Waals surface area contributed by atoms with Gasteiger partial charge in [0.2, 0.25) is 5.75 Å². The van der Waals surface area contributed by atoms with Crippen molar-refractivity contribution in [2.24, 2.45) is 0 Å². The van der Waals surface area contributed by atoms with Crippen molar-refractivity contribution < 1.29 is 19.3 Å². The number of hydrogen-bond acceptors (Lipinski definition) is 4. The Morgan fingerprint density at radius 1 is 0.452 bits per heavy atom. The van der Waals surface area contributed by atoms with Crippen LogP contribution in [0.15, 0.2) is 12.1 Å². The van der Waals surface area contributed by atoms with Crippen LogP contribution in [0.25, 0.3) is 0 Å².